The van der Waals surface area contributed by atoms with Crippen molar-refractivity contribution in [2.24, 2.45) is 5.92 Å². The molecular formula is C23H34N4O2. The third kappa shape index (κ3) is 5.75. The number of anilines is 2. The minimum absolute atomic E-state index is 0.301. The zero-order valence-electron chi connectivity index (χ0n) is 18.6. The van der Waals surface area contributed by atoms with E-state index in [0.717, 1.165) is 55.5 Å². The van der Waals surface area contributed by atoms with E-state index in [1.165, 1.54) is 0 Å². The minimum atomic E-state index is -0.301. The van der Waals surface area contributed by atoms with Gasteiger partial charge in [0.25, 0.3) is 5.88 Å². The highest BCUT2D eigenvalue weighted by atomic mass is 16.5. The van der Waals surface area contributed by atoms with Gasteiger partial charge in [-0.1, -0.05) is 12.1 Å². The van der Waals surface area contributed by atoms with Crippen LogP contribution in [0, 0.1) is 12.8 Å². The van der Waals surface area contributed by atoms with Crippen molar-refractivity contribution >= 4 is 11.5 Å². The van der Waals surface area contributed by atoms with Gasteiger partial charge in [0.05, 0.1) is 24.2 Å². The van der Waals surface area contributed by atoms with Crippen LogP contribution in [0.5, 0.6) is 11.6 Å². The lowest BCUT2D eigenvalue weighted by Gasteiger charge is -2.34. The van der Waals surface area contributed by atoms with Crippen molar-refractivity contribution in [2.45, 2.75) is 46.1 Å². The van der Waals surface area contributed by atoms with Crippen LogP contribution in [0.1, 0.15) is 39.3 Å². The number of benzene rings is 1. The Kier molecular flexibility index (Phi) is 6.50. The molecule has 158 valence electrons. The van der Waals surface area contributed by atoms with Gasteiger partial charge in [-0.25, -0.2) is 9.97 Å². The van der Waals surface area contributed by atoms with Gasteiger partial charge >= 0.3 is 0 Å². The summed E-state index contributed by atoms with van der Waals surface area (Å²) in [5, 5.41) is 0. The Morgan fingerprint density at radius 2 is 1.83 bits per heavy atom. The molecule has 0 bridgehead atoms. The molecule has 0 amide bonds. The van der Waals surface area contributed by atoms with Crippen molar-refractivity contribution in [3.63, 3.8) is 0 Å². The van der Waals surface area contributed by atoms with Crippen LogP contribution in [0.4, 0.5) is 11.5 Å². The van der Waals surface area contributed by atoms with Gasteiger partial charge in [-0.05, 0) is 58.6 Å². The van der Waals surface area contributed by atoms with Crippen molar-refractivity contribution in [2.75, 3.05) is 43.6 Å². The number of rotatable bonds is 6. The molecule has 1 aromatic carbocycles. The number of hydrogen-bond acceptors (Lipinski definition) is 6. The van der Waals surface area contributed by atoms with Crippen molar-refractivity contribution in [3.05, 3.63) is 36.2 Å². The monoisotopic (exact) mass is 398 g/mol. The standard InChI is InChI=1S/C23H34N4O2/c1-17-15-24-22(29-23(2,3)4)21(25-17)27-13-11-18(12-14-27)16-28-20-10-8-7-9-19(20)26(5)6/h7-10,15,18H,11-14,16H2,1-6H3. The van der Waals surface area contributed by atoms with Crippen LogP contribution in [0.25, 0.3) is 0 Å². The summed E-state index contributed by atoms with van der Waals surface area (Å²) in [5.41, 5.74) is 1.72. The van der Waals surface area contributed by atoms with Gasteiger partial charge in [0.15, 0.2) is 5.82 Å². The molecule has 0 N–H and O–H groups in total. The van der Waals surface area contributed by atoms with Gasteiger partial charge in [0.2, 0.25) is 0 Å². The van der Waals surface area contributed by atoms with Crippen molar-refractivity contribution < 1.29 is 9.47 Å². The van der Waals surface area contributed by atoms with Crippen LogP contribution < -0.4 is 19.3 Å². The second kappa shape index (κ2) is 8.89. The molecule has 2 heterocycles. The number of para-hydroxylation sites is 2. The Hall–Kier alpha value is -2.50. The molecule has 0 saturated carbocycles. The summed E-state index contributed by atoms with van der Waals surface area (Å²) in [5.74, 6) is 2.96. The fourth-order valence-corrected chi connectivity index (χ4v) is 3.49. The van der Waals surface area contributed by atoms with Gasteiger partial charge in [-0.3, -0.25) is 0 Å². The Morgan fingerprint density at radius 3 is 2.48 bits per heavy atom. The first kappa shape index (κ1) is 21.2. The van der Waals surface area contributed by atoms with E-state index in [9.17, 15) is 0 Å². The van der Waals surface area contributed by atoms with Crippen LogP contribution in [-0.4, -0.2) is 49.4 Å². The molecule has 0 aliphatic carbocycles. The summed E-state index contributed by atoms with van der Waals surface area (Å²) in [6, 6.07) is 8.20. The van der Waals surface area contributed by atoms with Gasteiger partial charge in [-0.2, -0.15) is 0 Å². The maximum Gasteiger partial charge on any atom is 0.258 e. The van der Waals surface area contributed by atoms with E-state index in [0.29, 0.717) is 11.8 Å². The Labute approximate surface area is 174 Å². The summed E-state index contributed by atoms with van der Waals surface area (Å²) in [4.78, 5) is 13.6. The lowest BCUT2D eigenvalue weighted by atomic mass is 9.98. The van der Waals surface area contributed by atoms with Crippen molar-refractivity contribution in [1.29, 1.82) is 0 Å². The Bertz CT molecular complexity index is 809. The second-order valence-electron chi connectivity index (χ2n) is 8.96. The maximum absolute atomic E-state index is 6.17. The molecule has 6 nitrogen and oxygen atoms in total. The molecule has 0 atom stereocenters. The van der Waals surface area contributed by atoms with E-state index >= 15 is 0 Å². The van der Waals surface area contributed by atoms with Gasteiger partial charge < -0.3 is 19.3 Å². The summed E-state index contributed by atoms with van der Waals surface area (Å²) in [7, 11) is 4.08. The minimum Gasteiger partial charge on any atom is -0.491 e. The molecule has 1 saturated heterocycles. The van der Waals surface area contributed by atoms with E-state index in [1.54, 1.807) is 6.20 Å². The van der Waals surface area contributed by atoms with Crippen LogP contribution in [-0.2, 0) is 0 Å². The number of aryl methyl sites for hydroxylation is 1. The average molecular weight is 399 g/mol. The van der Waals surface area contributed by atoms with E-state index in [1.807, 2.05) is 60.0 Å². The van der Waals surface area contributed by atoms with Crippen LogP contribution in [0.2, 0.25) is 0 Å². The number of hydrogen-bond donors (Lipinski definition) is 0. The Balaban J connectivity index is 1.61. The van der Waals surface area contributed by atoms with Gasteiger partial charge in [0, 0.05) is 27.2 Å². The molecule has 1 aliphatic heterocycles. The summed E-state index contributed by atoms with van der Waals surface area (Å²) in [6.45, 7) is 10.7. The van der Waals surface area contributed by atoms with Crippen molar-refractivity contribution in [1.82, 2.24) is 9.97 Å². The first-order valence-electron chi connectivity index (χ1n) is 10.4. The van der Waals surface area contributed by atoms with E-state index < -0.39 is 0 Å². The first-order valence-corrected chi connectivity index (χ1v) is 10.4. The molecule has 0 unspecified atom stereocenters. The molecule has 0 spiro atoms. The molecule has 0 radical (unpaired) electrons. The van der Waals surface area contributed by atoms with E-state index in [2.05, 4.69) is 20.9 Å². The molecule has 3 rings (SSSR count). The summed E-state index contributed by atoms with van der Waals surface area (Å²) >= 11 is 0. The Morgan fingerprint density at radius 1 is 1.14 bits per heavy atom. The highest BCUT2D eigenvalue weighted by Gasteiger charge is 2.26. The lowest BCUT2D eigenvalue weighted by molar-refractivity contribution is 0.123. The lowest BCUT2D eigenvalue weighted by Crippen LogP contribution is -2.37. The molecule has 29 heavy (non-hydrogen) atoms. The number of ether oxygens (including phenoxy) is 2. The predicted molar refractivity (Wildman–Crippen MR) is 118 cm³/mol. The molecule has 1 aromatic heterocycles. The van der Waals surface area contributed by atoms with E-state index in [-0.39, 0.29) is 5.60 Å². The topological polar surface area (TPSA) is 50.7 Å². The molecule has 1 aliphatic rings. The normalized spacial score (nSPS) is 15.3. The fourth-order valence-electron chi connectivity index (χ4n) is 3.49. The molecule has 6 heteroatoms. The highest BCUT2D eigenvalue weighted by molar-refractivity contribution is 5.57. The third-order valence-corrected chi connectivity index (χ3v) is 4.98. The highest BCUT2D eigenvalue weighted by Crippen LogP contribution is 2.32. The number of aromatic nitrogens is 2. The zero-order valence-corrected chi connectivity index (χ0v) is 18.6. The molecular weight excluding hydrogens is 364 g/mol. The first-order chi connectivity index (χ1) is 13.7. The molecule has 2 aromatic rings. The summed E-state index contributed by atoms with van der Waals surface area (Å²) in [6.07, 6.45) is 3.90. The maximum atomic E-state index is 6.17. The average Bonchev–Trinajstić information content (AvgIpc) is 2.67. The SMILES string of the molecule is Cc1cnc(OC(C)(C)C)c(N2CCC(COc3ccccc3N(C)C)CC2)n1. The largest absolute Gasteiger partial charge is 0.491 e. The fraction of sp³-hybridized carbons (Fsp3) is 0.565. The summed E-state index contributed by atoms with van der Waals surface area (Å²) < 4.78 is 12.2. The van der Waals surface area contributed by atoms with Crippen molar-refractivity contribution in [3.8, 4) is 11.6 Å². The quantitative estimate of drug-likeness (QED) is 0.722. The molecule has 1 fully saturated rings. The van der Waals surface area contributed by atoms with Gasteiger partial charge in [-0.15, -0.1) is 0 Å². The number of nitrogens with zero attached hydrogens (tertiary/aromatic N) is 4. The van der Waals surface area contributed by atoms with Gasteiger partial charge in [0.1, 0.15) is 11.4 Å². The zero-order chi connectivity index (χ0) is 21.0. The smallest absolute Gasteiger partial charge is 0.258 e. The van der Waals surface area contributed by atoms with Crippen LogP contribution in [0.3, 0.4) is 0 Å². The third-order valence-electron chi connectivity index (χ3n) is 4.98. The second-order valence-corrected chi connectivity index (χ2v) is 8.96. The predicted octanol–water partition coefficient (Wildman–Crippen LogP) is 4.32. The van der Waals surface area contributed by atoms with Crippen LogP contribution in [0.15, 0.2) is 30.5 Å². The van der Waals surface area contributed by atoms with Crippen LogP contribution >= 0.6 is 0 Å². The number of piperidine rings is 1. The van der Waals surface area contributed by atoms with E-state index in [4.69, 9.17) is 14.5 Å².